The van der Waals surface area contributed by atoms with E-state index in [-0.39, 0.29) is 59.2 Å². The normalized spacial score (nSPS) is 8.42. The third-order valence-electron chi connectivity index (χ3n) is 3.12. The van der Waals surface area contributed by atoms with Gasteiger partial charge in [0, 0.05) is 13.5 Å². The molecule has 0 aliphatic heterocycles. The van der Waals surface area contributed by atoms with Crippen LogP contribution in [0.2, 0.25) is 0 Å². The molecule has 2 aromatic carbocycles. The number of hydroxylamine groups is 2. The number of benzene rings is 2. The number of hydrogen-bond donors (Lipinski definition) is 0. The van der Waals surface area contributed by atoms with E-state index in [9.17, 15) is 9.59 Å². The number of carbonyl (C=O) groups excluding carboxylic acids is 2. The van der Waals surface area contributed by atoms with Crippen LogP contribution in [-0.4, -0.2) is 54.0 Å². The summed E-state index contributed by atoms with van der Waals surface area (Å²) in [6, 6.07) is 19.3. The first-order chi connectivity index (χ1) is 11.0. The van der Waals surface area contributed by atoms with Gasteiger partial charge in [0.15, 0.2) is 0 Å². The van der Waals surface area contributed by atoms with Gasteiger partial charge in [0.1, 0.15) is 5.78 Å². The van der Waals surface area contributed by atoms with Gasteiger partial charge in [-0.25, -0.2) is 5.06 Å². The van der Waals surface area contributed by atoms with E-state index in [1.165, 1.54) is 12.2 Å². The Bertz CT molecular complexity index is 609. The van der Waals surface area contributed by atoms with Crippen LogP contribution in [0, 0.1) is 7.43 Å². The van der Waals surface area contributed by atoms with E-state index < -0.39 is 0 Å². The topological polar surface area (TPSA) is 46.6 Å². The SMILES string of the molecule is CC(=O)Cc1ccccc1.CON(C)C(=O)Cc1ccccc1.[Br-].[CH3-].[Mg+2]. The van der Waals surface area contributed by atoms with Crippen molar-refractivity contribution in [1.29, 1.82) is 0 Å². The summed E-state index contributed by atoms with van der Waals surface area (Å²) in [4.78, 5) is 26.7. The molecule has 0 bridgehead atoms. The summed E-state index contributed by atoms with van der Waals surface area (Å²) in [5.41, 5.74) is 2.09. The summed E-state index contributed by atoms with van der Waals surface area (Å²) in [6.07, 6.45) is 0.937. The van der Waals surface area contributed by atoms with Gasteiger partial charge in [0.25, 0.3) is 0 Å². The first kappa shape index (κ1) is 29.5. The van der Waals surface area contributed by atoms with Gasteiger partial charge in [-0.1, -0.05) is 60.7 Å². The molecule has 0 N–H and O–H groups in total. The molecule has 0 aromatic heterocycles. The van der Waals surface area contributed by atoms with Gasteiger partial charge in [0.05, 0.1) is 13.5 Å². The maximum atomic E-state index is 11.3. The van der Waals surface area contributed by atoms with E-state index in [1.807, 2.05) is 60.7 Å². The van der Waals surface area contributed by atoms with E-state index in [2.05, 4.69) is 0 Å². The van der Waals surface area contributed by atoms with Gasteiger partial charge in [0.2, 0.25) is 5.91 Å². The third-order valence-corrected chi connectivity index (χ3v) is 3.12. The number of rotatable bonds is 5. The standard InChI is InChI=1S/C10H13NO2.C9H10O.CH3.BrH.Mg/c1-11(13-2)10(12)8-9-6-4-3-5-7-9;1-8(10)7-9-5-3-2-4-6-9;;;/h3-7H,8H2,1-2H3;2-6H,7H2,1H3;1H3;1H;/q;;-1;;+2/p-1. The van der Waals surface area contributed by atoms with Crippen molar-refractivity contribution in [2.75, 3.05) is 14.2 Å². The summed E-state index contributed by atoms with van der Waals surface area (Å²) in [5, 5.41) is 1.23. The van der Waals surface area contributed by atoms with Crippen LogP contribution in [0.15, 0.2) is 60.7 Å². The van der Waals surface area contributed by atoms with Crippen molar-refractivity contribution in [2.45, 2.75) is 19.8 Å². The third kappa shape index (κ3) is 13.1. The summed E-state index contributed by atoms with van der Waals surface area (Å²) >= 11 is 0. The molecule has 0 heterocycles. The Kier molecular flexibility index (Phi) is 19.6. The van der Waals surface area contributed by atoms with Gasteiger partial charge < -0.3 is 24.4 Å². The minimum atomic E-state index is -0.0475. The summed E-state index contributed by atoms with van der Waals surface area (Å²) in [5.74, 6) is 0.167. The van der Waals surface area contributed by atoms with E-state index >= 15 is 0 Å². The molecule has 0 aliphatic carbocycles. The molecule has 1 amide bonds. The Morgan fingerprint density at radius 1 is 0.885 bits per heavy atom. The first-order valence-corrected chi connectivity index (χ1v) is 7.41. The predicted molar refractivity (Wildman–Crippen MR) is 103 cm³/mol. The smallest absolute Gasteiger partial charge is 1.00 e. The van der Waals surface area contributed by atoms with Gasteiger partial charge >= 0.3 is 23.1 Å². The number of nitrogens with zero attached hydrogens (tertiary/aromatic N) is 1. The average Bonchev–Trinajstić information content (AvgIpc) is 2.56. The molecule has 138 valence electrons. The van der Waals surface area contributed by atoms with E-state index in [0.29, 0.717) is 12.8 Å². The molecule has 0 fully saturated rings. The zero-order valence-corrected chi connectivity index (χ0v) is 18.9. The molecule has 0 aliphatic rings. The van der Waals surface area contributed by atoms with E-state index in [4.69, 9.17) is 4.84 Å². The molecular formula is C20H26BrMgNO3. The van der Waals surface area contributed by atoms with Crippen molar-refractivity contribution in [3.63, 3.8) is 0 Å². The molecule has 0 radical (unpaired) electrons. The molecule has 4 nitrogen and oxygen atoms in total. The quantitative estimate of drug-likeness (QED) is 0.384. The van der Waals surface area contributed by atoms with Crippen molar-refractivity contribution in [3.8, 4) is 0 Å². The van der Waals surface area contributed by atoms with Crippen LogP contribution in [0.1, 0.15) is 18.1 Å². The average molecular weight is 433 g/mol. The molecule has 0 saturated carbocycles. The van der Waals surface area contributed by atoms with Crippen LogP contribution in [0.5, 0.6) is 0 Å². The van der Waals surface area contributed by atoms with Crippen LogP contribution >= 0.6 is 0 Å². The van der Waals surface area contributed by atoms with E-state index in [1.54, 1.807) is 14.0 Å². The molecule has 2 aromatic rings. The zero-order chi connectivity index (χ0) is 17.1. The van der Waals surface area contributed by atoms with Crippen molar-refractivity contribution in [3.05, 3.63) is 79.2 Å². The van der Waals surface area contributed by atoms with Gasteiger partial charge in [-0.2, -0.15) is 0 Å². The number of ketones is 1. The minimum absolute atomic E-state index is 0. The summed E-state index contributed by atoms with van der Waals surface area (Å²) < 4.78 is 0. The number of Topliss-reactive ketones (excluding diaryl/α,β-unsaturated/α-hetero) is 1. The molecule has 0 saturated heterocycles. The number of likely N-dealkylation sites (N-methyl/N-ethyl adjacent to an activating group) is 1. The van der Waals surface area contributed by atoms with Crippen molar-refractivity contribution < 1.29 is 31.4 Å². The molecule has 2 rings (SSSR count). The number of carbonyl (C=O) groups is 2. The van der Waals surface area contributed by atoms with Crippen molar-refractivity contribution in [2.24, 2.45) is 0 Å². The first-order valence-electron chi connectivity index (χ1n) is 7.41. The Morgan fingerprint density at radius 2 is 1.27 bits per heavy atom. The second kappa shape index (κ2) is 17.2. The number of hydrogen-bond acceptors (Lipinski definition) is 3. The number of halogens is 1. The molecule has 26 heavy (non-hydrogen) atoms. The van der Waals surface area contributed by atoms with Crippen LogP contribution in [0.25, 0.3) is 0 Å². The van der Waals surface area contributed by atoms with Crippen LogP contribution in [-0.2, 0) is 27.3 Å². The Morgan fingerprint density at radius 3 is 1.62 bits per heavy atom. The van der Waals surface area contributed by atoms with Gasteiger partial charge in [-0.15, -0.1) is 0 Å². The molecule has 0 spiro atoms. The van der Waals surface area contributed by atoms with Crippen LogP contribution in [0.3, 0.4) is 0 Å². The number of amides is 1. The largest absolute Gasteiger partial charge is 2.00 e. The fourth-order valence-corrected chi connectivity index (χ4v) is 1.87. The Hall–Kier alpha value is -1.21. The fourth-order valence-electron chi connectivity index (χ4n) is 1.87. The molecule has 0 atom stereocenters. The van der Waals surface area contributed by atoms with E-state index in [0.717, 1.165) is 11.1 Å². The Balaban J connectivity index is -0.000000374. The van der Waals surface area contributed by atoms with Gasteiger partial charge in [-0.3, -0.25) is 14.4 Å². The molecule has 0 unspecified atom stereocenters. The molecular weight excluding hydrogens is 406 g/mol. The maximum absolute atomic E-state index is 11.3. The predicted octanol–water partition coefficient (Wildman–Crippen LogP) is 0.140. The monoisotopic (exact) mass is 431 g/mol. The van der Waals surface area contributed by atoms with Crippen molar-refractivity contribution in [1.82, 2.24) is 5.06 Å². The fraction of sp³-hybridized carbons (Fsp3) is 0.250. The maximum Gasteiger partial charge on any atom is 2.00 e. The van der Waals surface area contributed by atoms with Crippen LogP contribution in [0.4, 0.5) is 0 Å². The second-order valence-corrected chi connectivity index (χ2v) is 5.10. The summed E-state index contributed by atoms with van der Waals surface area (Å²) in [7, 11) is 3.08. The van der Waals surface area contributed by atoms with Crippen LogP contribution < -0.4 is 17.0 Å². The minimum Gasteiger partial charge on any atom is -1.00 e. The molecule has 6 heteroatoms. The second-order valence-electron chi connectivity index (χ2n) is 5.10. The van der Waals surface area contributed by atoms with Crippen molar-refractivity contribution >= 4 is 34.7 Å². The Labute approximate surface area is 183 Å². The van der Waals surface area contributed by atoms with Gasteiger partial charge in [-0.05, 0) is 18.1 Å². The summed E-state index contributed by atoms with van der Waals surface area (Å²) in [6.45, 7) is 1.60. The zero-order valence-electron chi connectivity index (χ0n) is 15.9.